The molecule has 1 saturated heterocycles. The molecule has 7 rings (SSSR count). The Bertz CT molecular complexity index is 1800. The zero-order chi connectivity index (χ0) is 28.5. The van der Waals surface area contributed by atoms with Gasteiger partial charge in [0.05, 0.1) is 17.2 Å². The smallest absolute Gasteiger partial charge is 0.269 e. The molecule has 2 heterocycles. The van der Waals surface area contributed by atoms with Crippen LogP contribution in [0.3, 0.4) is 0 Å². The number of carbonyl (C=O) groups is 3. The maximum absolute atomic E-state index is 14.7. The summed E-state index contributed by atoms with van der Waals surface area (Å²) in [7, 11) is 0. The Hall–Kier alpha value is -4.95. The molecular weight excluding hydrogens is 542 g/mol. The lowest BCUT2D eigenvalue weighted by Crippen LogP contribution is -2.43. The highest BCUT2D eigenvalue weighted by atomic mass is 35.5. The molecule has 0 unspecified atom stereocenters. The van der Waals surface area contributed by atoms with E-state index in [0.29, 0.717) is 21.7 Å². The molecule has 41 heavy (non-hydrogen) atoms. The van der Waals surface area contributed by atoms with Gasteiger partial charge in [-0.1, -0.05) is 72.3 Å². The first-order chi connectivity index (χ1) is 19.8. The highest BCUT2D eigenvalue weighted by Gasteiger charge is 2.72. The molecule has 2 aliphatic heterocycles. The number of hydrazone groups is 1. The van der Waals surface area contributed by atoms with Gasteiger partial charge >= 0.3 is 0 Å². The van der Waals surface area contributed by atoms with Gasteiger partial charge in [0.1, 0.15) is 11.5 Å². The number of hydrogen-bond donors (Lipinski definition) is 0. The normalized spacial score (nSPS) is 21.5. The van der Waals surface area contributed by atoms with Gasteiger partial charge in [-0.3, -0.25) is 29.5 Å². The van der Waals surface area contributed by atoms with Crippen molar-refractivity contribution in [3.63, 3.8) is 0 Å². The van der Waals surface area contributed by atoms with E-state index in [4.69, 9.17) is 11.6 Å². The molecule has 1 fully saturated rings. The summed E-state index contributed by atoms with van der Waals surface area (Å²) in [5.41, 5.74) is 0.567. The number of halogens is 1. The van der Waals surface area contributed by atoms with Gasteiger partial charge in [-0.25, -0.2) is 0 Å². The summed E-state index contributed by atoms with van der Waals surface area (Å²) in [6.45, 7) is 0. The number of non-ortho nitro benzene ring substituents is 1. The monoisotopic (exact) mass is 561 g/mol. The Balaban J connectivity index is 1.56. The topological polar surface area (TPSA) is 110 Å². The van der Waals surface area contributed by atoms with Crippen LogP contribution < -0.4 is 0 Å². The lowest BCUT2D eigenvalue weighted by Gasteiger charge is -2.36. The van der Waals surface area contributed by atoms with Crippen LogP contribution in [-0.2, 0) is 0 Å². The van der Waals surface area contributed by atoms with Gasteiger partial charge in [-0.05, 0) is 41.0 Å². The Kier molecular flexibility index (Phi) is 5.52. The van der Waals surface area contributed by atoms with Crippen molar-refractivity contribution in [2.24, 2.45) is 10.5 Å². The van der Waals surface area contributed by atoms with Crippen LogP contribution in [0.4, 0.5) is 5.69 Å². The Morgan fingerprint density at radius 1 is 0.878 bits per heavy atom. The van der Waals surface area contributed by atoms with Gasteiger partial charge in [0.2, 0.25) is 0 Å². The van der Waals surface area contributed by atoms with E-state index in [1.54, 1.807) is 65.8 Å². The largest absolute Gasteiger partial charge is 0.293 e. The summed E-state index contributed by atoms with van der Waals surface area (Å²) in [5.74, 6) is -2.33. The molecule has 4 aromatic rings. The van der Waals surface area contributed by atoms with Crippen molar-refractivity contribution in [2.45, 2.75) is 18.0 Å². The van der Waals surface area contributed by atoms with Crippen molar-refractivity contribution >= 4 is 40.9 Å². The minimum absolute atomic E-state index is 0.209. The average molecular weight is 562 g/mol. The third kappa shape index (κ3) is 3.40. The zero-order valence-electron chi connectivity index (χ0n) is 21.3. The second kappa shape index (κ2) is 9.04. The number of rotatable bonds is 4. The molecule has 0 bridgehead atoms. The maximum atomic E-state index is 14.7. The molecular formula is C32H20ClN3O5. The van der Waals surface area contributed by atoms with Crippen LogP contribution in [0.15, 0.2) is 102 Å². The molecule has 8 nitrogen and oxygen atoms in total. The summed E-state index contributed by atoms with van der Waals surface area (Å²) >= 11 is 6.10. The van der Waals surface area contributed by atoms with Crippen LogP contribution in [-0.4, -0.2) is 39.5 Å². The van der Waals surface area contributed by atoms with Crippen molar-refractivity contribution in [2.75, 3.05) is 0 Å². The van der Waals surface area contributed by atoms with E-state index >= 15 is 0 Å². The van der Waals surface area contributed by atoms with Gasteiger partial charge < -0.3 is 0 Å². The number of nitro benzene ring substituents is 1. The van der Waals surface area contributed by atoms with Crippen LogP contribution in [0, 0.1) is 15.5 Å². The number of ketones is 3. The lowest BCUT2D eigenvalue weighted by molar-refractivity contribution is -0.384. The van der Waals surface area contributed by atoms with Gasteiger partial charge in [0, 0.05) is 39.8 Å². The molecule has 0 radical (unpaired) electrons. The fourth-order valence-corrected chi connectivity index (χ4v) is 6.89. The van der Waals surface area contributed by atoms with E-state index in [1.807, 2.05) is 24.3 Å². The number of Topliss-reactive ketones (excluding diaryl/α,β-unsaturated/α-hetero) is 3. The van der Waals surface area contributed by atoms with E-state index < -0.39 is 39.9 Å². The molecule has 200 valence electrons. The third-order valence-corrected chi connectivity index (χ3v) is 8.67. The highest BCUT2D eigenvalue weighted by Crippen LogP contribution is 2.64. The van der Waals surface area contributed by atoms with Crippen molar-refractivity contribution in [1.29, 1.82) is 0 Å². The zero-order valence-corrected chi connectivity index (χ0v) is 22.1. The third-order valence-electron chi connectivity index (χ3n) is 8.41. The Morgan fingerprint density at radius 3 is 2.22 bits per heavy atom. The van der Waals surface area contributed by atoms with Crippen molar-refractivity contribution in [3.8, 4) is 0 Å². The molecule has 0 amide bonds. The van der Waals surface area contributed by atoms with Crippen LogP contribution in [0.25, 0.3) is 0 Å². The second-order valence-electron chi connectivity index (χ2n) is 10.4. The molecule has 0 N–H and O–H groups in total. The van der Waals surface area contributed by atoms with Gasteiger partial charge in [-0.2, -0.15) is 5.10 Å². The van der Waals surface area contributed by atoms with E-state index in [1.165, 1.54) is 18.2 Å². The Labute approximate surface area is 239 Å². The summed E-state index contributed by atoms with van der Waals surface area (Å²) in [6.07, 6.45) is 1.62. The standard InChI is InChI=1S/C32H20ClN3O5/c33-21-14-12-18(13-15-21)28(37)27-26(19-7-5-8-22(16-19)36(40)41)32(30(38)24-10-3-4-11-25(24)31(32)39)29-23-9-2-1-6-20(23)17-34-35(27)29/h1-17,26-27,29H/t26-,27-,29-/m0/s1. The average Bonchev–Trinajstić information content (AvgIpc) is 3.43. The van der Waals surface area contributed by atoms with Crippen LogP contribution in [0.2, 0.25) is 5.02 Å². The van der Waals surface area contributed by atoms with Gasteiger partial charge in [-0.15, -0.1) is 0 Å². The van der Waals surface area contributed by atoms with Crippen LogP contribution in [0.1, 0.15) is 59.7 Å². The molecule has 3 aliphatic rings. The number of nitrogens with zero attached hydrogens (tertiary/aromatic N) is 3. The minimum atomic E-state index is -1.81. The van der Waals surface area contributed by atoms with E-state index in [0.717, 1.165) is 5.56 Å². The molecule has 1 aliphatic carbocycles. The SMILES string of the molecule is O=C(c1ccc(Cl)cc1)[C@@H]1[C@H](c2cccc([N+](=O)[O-])c2)C2(C(=O)c3ccccc3C2=O)[C@@H]2c3ccccc3C=NN12. The van der Waals surface area contributed by atoms with E-state index in [-0.39, 0.29) is 22.6 Å². The number of hydrogen-bond acceptors (Lipinski definition) is 7. The number of nitro groups is 1. The second-order valence-corrected chi connectivity index (χ2v) is 10.8. The maximum Gasteiger partial charge on any atom is 0.269 e. The Morgan fingerprint density at radius 2 is 1.54 bits per heavy atom. The summed E-state index contributed by atoms with van der Waals surface area (Å²) in [5, 5.41) is 18.5. The number of benzene rings is 4. The van der Waals surface area contributed by atoms with E-state index in [9.17, 15) is 24.5 Å². The first kappa shape index (κ1) is 25.0. The van der Waals surface area contributed by atoms with Crippen molar-refractivity contribution in [1.82, 2.24) is 5.01 Å². The van der Waals surface area contributed by atoms with Crippen molar-refractivity contribution in [3.05, 3.63) is 146 Å². The fourth-order valence-electron chi connectivity index (χ4n) is 6.77. The van der Waals surface area contributed by atoms with Crippen molar-refractivity contribution < 1.29 is 19.3 Å². The van der Waals surface area contributed by atoms with E-state index in [2.05, 4.69) is 5.10 Å². The van der Waals surface area contributed by atoms with Crippen LogP contribution in [0.5, 0.6) is 0 Å². The van der Waals surface area contributed by atoms with Gasteiger partial charge in [0.15, 0.2) is 17.3 Å². The predicted octanol–water partition coefficient (Wildman–Crippen LogP) is 6.05. The molecule has 0 aromatic heterocycles. The minimum Gasteiger partial charge on any atom is -0.293 e. The summed E-state index contributed by atoms with van der Waals surface area (Å²) in [4.78, 5) is 55.1. The number of fused-ring (bicyclic) bond motifs is 5. The quantitative estimate of drug-likeness (QED) is 0.130. The molecule has 0 saturated carbocycles. The first-order valence-corrected chi connectivity index (χ1v) is 13.4. The first-order valence-electron chi connectivity index (χ1n) is 13.0. The molecule has 4 aromatic carbocycles. The molecule has 9 heteroatoms. The van der Waals surface area contributed by atoms with Crippen LogP contribution >= 0.6 is 11.6 Å². The highest BCUT2D eigenvalue weighted by molar-refractivity contribution is 6.32. The summed E-state index contributed by atoms with van der Waals surface area (Å²) < 4.78 is 0. The number of carbonyl (C=O) groups excluding carboxylic acids is 3. The predicted molar refractivity (Wildman–Crippen MR) is 152 cm³/mol. The lowest BCUT2D eigenvalue weighted by atomic mass is 9.63. The summed E-state index contributed by atoms with van der Waals surface area (Å²) in [6, 6.07) is 24.1. The molecule has 3 atom stereocenters. The van der Waals surface area contributed by atoms with Gasteiger partial charge in [0.25, 0.3) is 5.69 Å². The fraction of sp³-hybridized carbons (Fsp3) is 0.125. The molecule has 1 spiro atoms.